The minimum Gasteiger partial charge on any atom is -0.485 e. The number of hydrogen-bond acceptors (Lipinski definition) is 4. The van der Waals surface area contributed by atoms with Crippen molar-refractivity contribution in [1.29, 1.82) is 0 Å². The van der Waals surface area contributed by atoms with Crippen molar-refractivity contribution in [2.45, 2.75) is 12.0 Å². The fourth-order valence-corrected chi connectivity index (χ4v) is 7.66. The molecule has 0 saturated heterocycles. The first-order chi connectivity index (χ1) is 27.2. The molecular weight excluding hydrogens is 671 g/mol. The number of para-hydroxylation sites is 1. The van der Waals surface area contributed by atoms with Crippen LogP contribution >= 0.6 is 0 Å². The van der Waals surface area contributed by atoms with Crippen LogP contribution in [-0.4, -0.2) is 21.1 Å². The predicted octanol–water partition coefficient (Wildman–Crippen LogP) is 12.4. The van der Waals surface area contributed by atoms with Gasteiger partial charge in [-0.3, -0.25) is 0 Å². The SMILES string of the molecule is C1=CC2c3ccccc3OC2C=C1c1cccc(-c2nc(-c3cccc(-c4ccccc4)c3)nc(-c3cc(-c4ccccc4)cc(-c4ccccc4)c3)n2)c1. The van der Waals surface area contributed by atoms with Crippen LogP contribution in [0.3, 0.4) is 0 Å². The Morgan fingerprint density at radius 2 is 0.800 bits per heavy atom. The summed E-state index contributed by atoms with van der Waals surface area (Å²) in [5.74, 6) is 3.02. The maximum absolute atomic E-state index is 6.37. The van der Waals surface area contributed by atoms with Crippen LogP contribution in [0.5, 0.6) is 5.75 Å². The molecule has 0 amide bonds. The van der Waals surface area contributed by atoms with Crippen molar-refractivity contribution in [1.82, 2.24) is 15.0 Å². The van der Waals surface area contributed by atoms with Crippen LogP contribution in [0.4, 0.5) is 0 Å². The van der Waals surface area contributed by atoms with Crippen LogP contribution in [-0.2, 0) is 0 Å². The van der Waals surface area contributed by atoms with E-state index in [1.54, 1.807) is 0 Å². The van der Waals surface area contributed by atoms with Gasteiger partial charge in [-0.1, -0.05) is 158 Å². The quantitative estimate of drug-likeness (QED) is 0.166. The molecule has 260 valence electrons. The van der Waals surface area contributed by atoms with Crippen molar-refractivity contribution >= 4 is 5.57 Å². The summed E-state index contributed by atoms with van der Waals surface area (Å²) in [4.78, 5) is 15.6. The summed E-state index contributed by atoms with van der Waals surface area (Å²) in [7, 11) is 0. The molecule has 0 fully saturated rings. The number of benzene rings is 7. The van der Waals surface area contributed by atoms with E-state index < -0.39 is 0 Å². The number of rotatable bonds is 7. The molecule has 1 aliphatic heterocycles. The Hall–Kier alpha value is -7.17. The van der Waals surface area contributed by atoms with Gasteiger partial charge in [0.1, 0.15) is 11.9 Å². The van der Waals surface area contributed by atoms with E-state index >= 15 is 0 Å². The number of aromatic nitrogens is 3. The molecule has 10 rings (SSSR count). The second-order valence-electron chi connectivity index (χ2n) is 14.0. The van der Waals surface area contributed by atoms with Gasteiger partial charge in [0.15, 0.2) is 17.5 Å². The average molecular weight is 706 g/mol. The van der Waals surface area contributed by atoms with Crippen LogP contribution in [0.1, 0.15) is 17.0 Å². The Kier molecular flexibility index (Phi) is 8.27. The molecule has 0 bridgehead atoms. The van der Waals surface area contributed by atoms with Crippen LogP contribution in [0.2, 0.25) is 0 Å². The van der Waals surface area contributed by atoms with Crippen LogP contribution < -0.4 is 4.74 Å². The zero-order valence-corrected chi connectivity index (χ0v) is 30.0. The Morgan fingerprint density at radius 1 is 0.364 bits per heavy atom. The minimum absolute atomic E-state index is 0.0379. The standard InChI is InChI=1S/C51H35N3O/c1-4-14-34(15-5-1)37-20-12-22-40(28-37)49-52-50(41-23-13-21-38(29-41)39-26-27-46-45-24-10-11-25-47(45)55-48(46)33-39)54-51(53-49)44-31-42(35-16-6-2-7-17-35)30-43(32-44)36-18-8-3-9-19-36/h1-33,46,48H. The van der Waals surface area contributed by atoms with E-state index in [0.717, 1.165) is 67.0 Å². The van der Waals surface area contributed by atoms with Gasteiger partial charge in [0.05, 0.1) is 0 Å². The smallest absolute Gasteiger partial charge is 0.164 e. The van der Waals surface area contributed by atoms with Crippen molar-refractivity contribution in [2.24, 2.45) is 0 Å². The lowest BCUT2D eigenvalue weighted by atomic mass is 9.87. The molecule has 2 aliphatic rings. The third-order valence-electron chi connectivity index (χ3n) is 10.4. The highest BCUT2D eigenvalue weighted by Gasteiger charge is 2.33. The first-order valence-corrected chi connectivity index (χ1v) is 18.7. The molecule has 0 spiro atoms. The Morgan fingerprint density at radius 3 is 1.42 bits per heavy atom. The Bertz CT molecular complexity index is 2680. The second-order valence-corrected chi connectivity index (χ2v) is 14.0. The van der Waals surface area contributed by atoms with Crippen LogP contribution in [0.25, 0.3) is 73.1 Å². The van der Waals surface area contributed by atoms with E-state index in [4.69, 9.17) is 19.7 Å². The van der Waals surface area contributed by atoms with Gasteiger partial charge in [-0.25, -0.2) is 15.0 Å². The van der Waals surface area contributed by atoms with E-state index in [0.29, 0.717) is 17.5 Å². The molecule has 8 aromatic rings. The largest absolute Gasteiger partial charge is 0.485 e. The predicted molar refractivity (Wildman–Crippen MR) is 223 cm³/mol. The van der Waals surface area contributed by atoms with Crippen molar-refractivity contribution in [3.63, 3.8) is 0 Å². The molecule has 4 heteroatoms. The summed E-state index contributed by atoms with van der Waals surface area (Å²) in [5, 5.41) is 0. The second kappa shape index (κ2) is 14.0. The lowest BCUT2D eigenvalue weighted by molar-refractivity contribution is 0.269. The maximum Gasteiger partial charge on any atom is 0.164 e. The molecule has 0 N–H and O–H groups in total. The van der Waals surface area contributed by atoms with Crippen molar-refractivity contribution in [3.8, 4) is 73.3 Å². The van der Waals surface area contributed by atoms with E-state index in [9.17, 15) is 0 Å². The lowest BCUT2D eigenvalue weighted by Gasteiger charge is -2.19. The zero-order valence-electron chi connectivity index (χ0n) is 30.0. The van der Waals surface area contributed by atoms with Crippen LogP contribution in [0, 0.1) is 0 Å². The van der Waals surface area contributed by atoms with Gasteiger partial charge in [0.25, 0.3) is 0 Å². The Labute approximate surface area is 320 Å². The highest BCUT2D eigenvalue weighted by atomic mass is 16.5. The third-order valence-corrected chi connectivity index (χ3v) is 10.4. The molecular formula is C51H35N3O. The molecule has 55 heavy (non-hydrogen) atoms. The third kappa shape index (κ3) is 6.45. The molecule has 1 aromatic heterocycles. The molecule has 1 aliphatic carbocycles. The van der Waals surface area contributed by atoms with Gasteiger partial charge in [-0.2, -0.15) is 0 Å². The van der Waals surface area contributed by atoms with Crippen molar-refractivity contribution < 1.29 is 4.74 Å². The zero-order chi connectivity index (χ0) is 36.6. The van der Waals surface area contributed by atoms with Crippen LogP contribution in [0.15, 0.2) is 200 Å². The van der Waals surface area contributed by atoms with Gasteiger partial charge < -0.3 is 4.74 Å². The molecule has 4 nitrogen and oxygen atoms in total. The average Bonchev–Trinajstić information content (AvgIpc) is 3.65. The first kappa shape index (κ1) is 32.5. The molecule has 0 saturated carbocycles. The normalized spacial score (nSPS) is 15.5. The first-order valence-electron chi connectivity index (χ1n) is 18.7. The van der Waals surface area contributed by atoms with Gasteiger partial charge in [-0.15, -0.1) is 0 Å². The van der Waals surface area contributed by atoms with E-state index in [2.05, 4.69) is 176 Å². The fourth-order valence-electron chi connectivity index (χ4n) is 7.66. The minimum atomic E-state index is -0.0379. The molecule has 2 heterocycles. The maximum atomic E-state index is 6.37. The molecule has 2 atom stereocenters. The van der Waals surface area contributed by atoms with Gasteiger partial charge in [-0.05, 0) is 87.0 Å². The van der Waals surface area contributed by atoms with Gasteiger partial charge in [0, 0.05) is 28.2 Å². The summed E-state index contributed by atoms with van der Waals surface area (Å²) in [6.45, 7) is 0. The summed E-state index contributed by atoms with van der Waals surface area (Å²) in [5.41, 5.74) is 12.9. The topological polar surface area (TPSA) is 47.9 Å². The number of ether oxygens (including phenoxy) is 1. The van der Waals surface area contributed by atoms with Gasteiger partial charge in [0.2, 0.25) is 0 Å². The highest BCUT2D eigenvalue weighted by Crippen LogP contribution is 2.43. The van der Waals surface area contributed by atoms with Gasteiger partial charge >= 0.3 is 0 Å². The van der Waals surface area contributed by atoms with E-state index in [-0.39, 0.29) is 12.0 Å². The number of nitrogens with zero attached hydrogens (tertiary/aromatic N) is 3. The summed E-state index contributed by atoms with van der Waals surface area (Å²) in [6, 6.07) is 63.3. The lowest BCUT2D eigenvalue weighted by Crippen LogP contribution is -2.17. The summed E-state index contributed by atoms with van der Waals surface area (Å²) >= 11 is 0. The Balaban J connectivity index is 1.11. The summed E-state index contributed by atoms with van der Waals surface area (Å²) in [6.07, 6.45) is 6.68. The monoisotopic (exact) mass is 705 g/mol. The number of allylic oxidation sites excluding steroid dienone is 2. The van der Waals surface area contributed by atoms with E-state index in [1.165, 1.54) is 5.56 Å². The highest BCUT2D eigenvalue weighted by molar-refractivity contribution is 5.82. The molecule has 2 unspecified atom stereocenters. The van der Waals surface area contributed by atoms with E-state index in [1.807, 2.05) is 24.3 Å². The summed E-state index contributed by atoms with van der Waals surface area (Å²) < 4.78 is 6.37. The number of hydrogen-bond donors (Lipinski definition) is 0. The molecule has 0 radical (unpaired) electrons. The van der Waals surface area contributed by atoms with Crippen molar-refractivity contribution in [2.75, 3.05) is 0 Å². The molecule has 7 aromatic carbocycles. The van der Waals surface area contributed by atoms with Crippen molar-refractivity contribution in [3.05, 3.63) is 211 Å². The number of fused-ring (bicyclic) bond motifs is 3. The fraction of sp³-hybridized carbons (Fsp3) is 0.0392.